The molecule has 2 aromatic rings. The Hall–Kier alpha value is -3.38. The molecule has 0 spiro atoms. The standard InChI is InChI=1S/C29H36N2O4/c1-6-19-35-24-15-13-23(14-16-24)27(32)25-26(22-11-9-21(10-12-22)20(4)5)31(29(34)28(25)33)18-17-30(7-2)8-3/h6,9-16,20,26,32H,1,7-8,17-19H2,2-5H3/b27-25-. The third-order valence-electron chi connectivity index (χ3n) is 6.51. The lowest BCUT2D eigenvalue weighted by molar-refractivity contribution is -0.140. The van der Waals surface area contributed by atoms with E-state index in [0.29, 0.717) is 36.9 Å². The number of aliphatic hydroxyl groups excluding tert-OH is 1. The maximum atomic E-state index is 13.2. The second-order valence-electron chi connectivity index (χ2n) is 8.96. The zero-order valence-corrected chi connectivity index (χ0v) is 21.2. The zero-order valence-electron chi connectivity index (χ0n) is 21.2. The number of hydrogen-bond donors (Lipinski definition) is 1. The van der Waals surface area contributed by atoms with Crippen LogP contribution in [0.3, 0.4) is 0 Å². The fourth-order valence-electron chi connectivity index (χ4n) is 4.33. The fourth-order valence-corrected chi connectivity index (χ4v) is 4.33. The highest BCUT2D eigenvalue weighted by atomic mass is 16.5. The Morgan fingerprint density at radius 3 is 2.26 bits per heavy atom. The van der Waals surface area contributed by atoms with Crippen molar-refractivity contribution in [1.82, 2.24) is 9.80 Å². The molecule has 1 unspecified atom stereocenters. The molecule has 0 bridgehead atoms. The number of Topliss-reactive ketones (excluding diaryl/α,β-unsaturated/α-hetero) is 1. The van der Waals surface area contributed by atoms with E-state index in [2.05, 4.69) is 39.2 Å². The molecule has 1 fully saturated rings. The van der Waals surface area contributed by atoms with Crippen molar-refractivity contribution in [3.63, 3.8) is 0 Å². The number of likely N-dealkylation sites (N-methyl/N-ethyl adjacent to an activating group) is 1. The molecule has 1 heterocycles. The van der Waals surface area contributed by atoms with Crippen LogP contribution in [0.5, 0.6) is 5.75 Å². The van der Waals surface area contributed by atoms with Gasteiger partial charge < -0.3 is 19.6 Å². The summed E-state index contributed by atoms with van der Waals surface area (Å²) in [6, 6.07) is 14.1. The largest absolute Gasteiger partial charge is 0.507 e. The van der Waals surface area contributed by atoms with Crippen LogP contribution in [0.25, 0.3) is 5.76 Å². The topological polar surface area (TPSA) is 70.1 Å². The van der Waals surface area contributed by atoms with Crippen molar-refractivity contribution in [3.05, 3.63) is 83.4 Å². The van der Waals surface area contributed by atoms with Crippen molar-refractivity contribution >= 4 is 17.4 Å². The molecule has 1 saturated heterocycles. The highest BCUT2D eigenvalue weighted by molar-refractivity contribution is 6.46. The Labute approximate surface area is 208 Å². The number of hydrogen-bond acceptors (Lipinski definition) is 5. The van der Waals surface area contributed by atoms with Gasteiger partial charge in [0.25, 0.3) is 11.7 Å². The van der Waals surface area contributed by atoms with Gasteiger partial charge >= 0.3 is 0 Å². The lowest BCUT2D eigenvalue weighted by Gasteiger charge is -2.28. The van der Waals surface area contributed by atoms with Crippen molar-refractivity contribution in [3.8, 4) is 5.75 Å². The monoisotopic (exact) mass is 476 g/mol. The average Bonchev–Trinajstić information content (AvgIpc) is 3.13. The summed E-state index contributed by atoms with van der Waals surface area (Å²) in [5.74, 6) is -0.432. The van der Waals surface area contributed by atoms with Gasteiger partial charge in [0.1, 0.15) is 18.1 Å². The van der Waals surface area contributed by atoms with Gasteiger partial charge in [0.15, 0.2) is 0 Å². The zero-order chi connectivity index (χ0) is 25.5. The Bertz CT molecular complexity index is 1070. The third-order valence-corrected chi connectivity index (χ3v) is 6.51. The Morgan fingerprint density at radius 2 is 1.71 bits per heavy atom. The van der Waals surface area contributed by atoms with Crippen molar-refractivity contribution in [1.29, 1.82) is 0 Å². The van der Waals surface area contributed by atoms with Gasteiger partial charge in [-0.3, -0.25) is 9.59 Å². The van der Waals surface area contributed by atoms with Crippen LogP contribution < -0.4 is 4.74 Å². The Kier molecular flexibility index (Phi) is 8.88. The molecule has 1 aliphatic rings. The summed E-state index contributed by atoms with van der Waals surface area (Å²) < 4.78 is 5.52. The smallest absolute Gasteiger partial charge is 0.295 e. The van der Waals surface area contributed by atoms with Crippen LogP contribution in [-0.2, 0) is 9.59 Å². The molecule has 1 atom stereocenters. The van der Waals surface area contributed by atoms with Crippen LogP contribution in [-0.4, -0.2) is 59.4 Å². The fraction of sp³-hybridized carbons (Fsp3) is 0.379. The van der Waals surface area contributed by atoms with Crippen molar-refractivity contribution < 1.29 is 19.4 Å². The van der Waals surface area contributed by atoms with Gasteiger partial charge in [-0.15, -0.1) is 0 Å². The first-order valence-corrected chi connectivity index (χ1v) is 12.3. The summed E-state index contributed by atoms with van der Waals surface area (Å²) in [4.78, 5) is 30.2. The maximum Gasteiger partial charge on any atom is 0.295 e. The van der Waals surface area contributed by atoms with Gasteiger partial charge in [-0.2, -0.15) is 0 Å². The number of ether oxygens (including phenoxy) is 1. The molecule has 6 nitrogen and oxygen atoms in total. The van der Waals surface area contributed by atoms with Gasteiger partial charge in [0.05, 0.1) is 11.6 Å². The molecule has 1 aliphatic heterocycles. The van der Waals surface area contributed by atoms with Gasteiger partial charge in [-0.05, 0) is 54.4 Å². The minimum Gasteiger partial charge on any atom is -0.507 e. The van der Waals surface area contributed by atoms with E-state index < -0.39 is 17.7 Å². The van der Waals surface area contributed by atoms with E-state index in [9.17, 15) is 14.7 Å². The molecule has 0 aromatic heterocycles. The normalized spacial score (nSPS) is 17.4. The number of carbonyl (C=O) groups is 2. The second kappa shape index (κ2) is 11.8. The average molecular weight is 477 g/mol. The van der Waals surface area contributed by atoms with E-state index in [0.717, 1.165) is 18.7 Å². The van der Waals surface area contributed by atoms with Crippen LogP contribution in [0, 0.1) is 0 Å². The van der Waals surface area contributed by atoms with Crippen molar-refractivity contribution in [2.45, 2.75) is 39.7 Å². The van der Waals surface area contributed by atoms with E-state index in [-0.39, 0.29) is 11.3 Å². The summed E-state index contributed by atoms with van der Waals surface area (Å²) in [5, 5.41) is 11.3. The molecule has 3 rings (SSSR count). The molecule has 0 aliphatic carbocycles. The molecular weight excluding hydrogens is 440 g/mol. The van der Waals surface area contributed by atoms with Crippen molar-refractivity contribution in [2.24, 2.45) is 0 Å². The second-order valence-corrected chi connectivity index (χ2v) is 8.96. The highest BCUT2D eigenvalue weighted by Crippen LogP contribution is 2.39. The number of nitrogens with zero attached hydrogens (tertiary/aromatic N) is 2. The quantitative estimate of drug-likeness (QED) is 0.211. The molecule has 35 heavy (non-hydrogen) atoms. The van der Waals surface area contributed by atoms with Crippen molar-refractivity contribution in [2.75, 3.05) is 32.8 Å². The molecule has 1 N–H and O–H groups in total. The minimum atomic E-state index is -0.660. The van der Waals surface area contributed by atoms with E-state index in [1.165, 1.54) is 5.56 Å². The lowest BCUT2D eigenvalue weighted by Crippen LogP contribution is -2.38. The minimum absolute atomic E-state index is 0.117. The molecule has 6 heteroatoms. The number of benzene rings is 2. The first-order valence-electron chi connectivity index (χ1n) is 12.3. The molecule has 1 amide bonds. The molecule has 186 valence electrons. The highest BCUT2D eigenvalue weighted by Gasteiger charge is 2.45. The summed E-state index contributed by atoms with van der Waals surface area (Å²) in [6.07, 6.45) is 1.65. The molecular formula is C29H36N2O4. The van der Waals surface area contributed by atoms with Gasteiger partial charge in [0.2, 0.25) is 0 Å². The van der Waals surface area contributed by atoms with Crippen LogP contribution in [0.4, 0.5) is 0 Å². The van der Waals surface area contributed by atoms with Gasteiger partial charge in [-0.25, -0.2) is 0 Å². The first-order chi connectivity index (χ1) is 16.8. The van der Waals surface area contributed by atoms with Crippen LogP contribution in [0.1, 0.15) is 56.3 Å². The molecule has 0 saturated carbocycles. The van der Waals surface area contributed by atoms with E-state index in [4.69, 9.17) is 4.74 Å². The van der Waals surface area contributed by atoms with Crippen LogP contribution >= 0.6 is 0 Å². The van der Waals surface area contributed by atoms with Crippen LogP contribution in [0.2, 0.25) is 0 Å². The molecule has 0 radical (unpaired) electrons. The summed E-state index contributed by atoms with van der Waals surface area (Å²) in [5.41, 5.74) is 2.55. The third kappa shape index (κ3) is 5.82. The van der Waals surface area contributed by atoms with Gasteiger partial charge in [-0.1, -0.05) is 64.6 Å². The summed E-state index contributed by atoms with van der Waals surface area (Å²) in [6.45, 7) is 15.1. The number of amides is 1. The predicted molar refractivity (Wildman–Crippen MR) is 139 cm³/mol. The number of ketones is 1. The number of carbonyl (C=O) groups excluding carboxylic acids is 2. The van der Waals surface area contributed by atoms with E-state index in [1.54, 1.807) is 35.2 Å². The maximum absolute atomic E-state index is 13.2. The Morgan fingerprint density at radius 1 is 1.09 bits per heavy atom. The number of rotatable bonds is 11. The molecule has 2 aromatic carbocycles. The van der Waals surface area contributed by atoms with Gasteiger partial charge in [0, 0.05) is 18.7 Å². The SMILES string of the molecule is C=CCOc1ccc(/C(O)=C2/C(=O)C(=O)N(CCN(CC)CC)C2c2ccc(C(C)C)cc2)cc1. The van der Waals surface area contributed by atoms with E-state index in [1.807, 2.05) is 24.3 Å². The summed E-state index contributed by atoms with van der Waals surface area (Å²) in [7, 11) is 0. The number of aliphatic hydroxyl groups is 1. The summed E-state index contributed by atoms with van der Waals surface area (Å²) >= 11 is 0. The first kappa shape index (κ1) is 26.2. The lowest BCUT2D eigenvalue weighted by atomic mass is 9.93. The van der Waals surface area contributed by atoms with Crippen LogP contribution in [0.15, 0.2) is 66.8 Å². The van der Waals surface area contributed by atoms with E-state index >= 15 is 0 Å². The number of likely N-dealkylation sites (tertiary alicyclic amines) is 1. The predicted octanol–water partition coefficient (Wildman–Crippen LogP) is 5.14. The Balaban J connectivity index is 2.04.